The highest BCUT2D eigenvalue weighted by Crippen LogP contribution is 2.27. The van der Waals surface area contributed by atoms with Gasteiger partial charge in [-0.2, -0.15) is 0 Å². The first kappa shape index (κ1) is 17.1. The van der Waals surface area contributed by atoms with Crippen molar-refractivity contribution in [3.05, 3.63) is 23.8 Å². The molecule has 0 bridgehead atoms. The molecule has 1 aromatic carbocycles. The van der Waals surface area contributed by atoms with Crippen LogP contribution in [0.3, 0.4) is 0 Å². The second-order valence-corrected chi connectivity index (χ2v) is 5.87. The minimum atomic E-state index is -0.395. The zero-order chi connectivity index (χ0) is 15.8. The van der Waals surface area contributed by atoms with Crippen molar-refractivity contribution in [1.82, 2.24) is 0 Å². The highest BCUT2D eigenvalue weighted by atomic mass is 16.5. The van der Waals surface area contributed by atoms with Gasteiger partial charge in [0.15, 0.2) is 11.5 Å². The van der Waals surface area contributed by atoms with Gasteiger partial charge in [0.25, 0.3) is 0 Å². The van der Waals surface area contributed by atoms with Gasteiger partial charge in [0, 0.05) is 0 Å². The van der Waals surface area contributed by atoms with E-state index in [1.807, 2.05) is 18.2 Å². The summed E-state index contributed by atoms with van der Waals surface area (Å²) in [5, 5.41) is 10.1. The molecular weight excluding hydrogens is 282 g/mol. The summed E-state index contributed by atoms with van der Waals surface area (Å²) in [5.41, 5.74) is 1.01. The van der Waals surface area contributed by atoms with Gasteiger partial charge in [-0.1, -0.05) is 6.07 Å². The summed E-state index contributed by atoms with van der Waals surface area (Å²) in [7, 11) is 3.24. The van der Waals surface area contributed by atoms with Crippen LogP contribution in [0.4, 0.5) is 0 Å². The fourth-order valence-electron chi connectivity index (χ4n) is 2.93. The standard InChI is InChI=1S/C17H27NO4/c1-20-16-7-6-14(10-17(16)21-2)12-22-13-15(19)11-18-8-4-3-5-9-18/h6-7,10,15,19H,3-5,8-9,11-13H2,1-2H3/p+1/t15-/m0/s1. The Balaban J connectivity index is 1.73. The second kappa shape index (κ2) is 8.98. The topological polar surface area (TPSA) is 52.4 Å². The van der Waals surface area contributed by atoms with E-state index in [4.69, 9.17) is 14.2 Å². The fraction of sp³-hybridized carbons (Fsp3) is 0.647. The third-order valence-corrected chi connectivity index (χ3v) is 4.11. The molecule has 0 amide bonds. The molecule has 1 heterocycles. The van der Waals surface area contributed by atoms with Gasteiger partial charge in [-0.25, -0.2) is 0 Å². The number of likely N-dealkylation sites (tertiary alicyclic amines) is 1. The summed E-state index contributed by atoms with van der Waals surface area (Å²) >= 11 is 0. The molecule has 2 rings (SSSR count). The summed E-state index contributed by atoms with van der Waals surface area (Å²) in [6.07, 6.45) is 3.48. The molecule has 0 unspecified atom stereocenters. The number of aliphatic hydroxyl groups is 1. The van der Waals surface area contributed by atoms with Crippen molar-refractivity contribution in [1.29, 1.82) is 0 Å². The Bertz CT molecular complexity index is 446. The first-order valence-electron chi connectivity index (χ1n) is 8.03. The third-order valence-electron chi connectivity index (χ3n) is 4.11. The molecule has 0 saturated carbocycles. The lowest BCUT2D eigenvalue weighted by Crippen LogP contribution is -3.14. The molecule has 1 fully saturated rings. The molecule has 2 N–H and O–H groups in total. The average molecular weight is 310 g/mol. The number of rotatable bonds is 8. The summed E-state index contributed by atoms with van der Waals surface area (Å²) in [6.45, 7) is 3.97. The Morgan fingerprint density at radius 2 is 1.82 bits per heavy atom. The van der Waals surface area contributed by atoms with Gasteiger partial charge in [-0.3, -0.25) is 0 Å². The number of piperidine rings is 1. The number of hydrogen-bond acceptors (Lipinski definition) is 4. The van der Waals surface area contributed by atoms with Crippen molar-refractivity contribution in [3.8, 4) is 11.5 Å². The summed E-state index contributed by atoms with van der Waals surface area (Å²) in [4.78, 5) is 1.49. The molecule has 1 saturated heterocycles. The lowest BCUT2D eigenvalue weighted by Gasteiger charge is -2.25. The number of methoxy groups -OCH3 is 2. The lowest BCUT2D eigenvalue weighted by molar-refractivity contribution is -0.908. The number of quaternary nitrogens is 1. The molecule has 0 aliphatic carbocycles. The smallest absolute Gasteiger partial charge is 0.161 e. The molecule has 0 aromatic heterocycles. The van der Waals surface area contributed by atoms with E-state index in [9.17, 15) is 5.11 Å². The van der Waals surface area contributed by atoms with E-state index >= 15 is 0 Å². The van der Waals surface area contributed by atoms with Crippen LogP contribution >= 0.6 is 0 Å². The highest BCUT2D eigenvalue weighted by Gasteiger charge is 2.18. The summed E-state index contributed by atoms with van der Waals surface area (Å²) in [6, 6.07) is 5.72. The number of hydrogen-bond donors (Lipinski definition) is 2. The van der Waals surface area contributed by atoms with Gasteiger partial charge in [-0.15, -0.1) is 0 Å². The maximum absolute atomic E-state index is 10.1. The van der Waals surface area contributed by atoms with E-state index < -0.39 is 6.10 Å². The van der Waals surface area contributed by atoms with Crippen LogP contribution in [0.25, 0.3) is 0 Å². The van der Waals surface area contributed by atoms with Crippen molar-refractivity contribution in [3.63, 3.8) is 0 Å². The zero-order valence-electron chi connectivity index (χ0n) is 13.6. The Morgan fingerprint density at radius 3 is 2.50 bits per heavy atom. The maximum Gasteiger partial charge on any atom is 0.161 e. The van der Waals surface area contributed by atoms with Crippen molar-refractivity contribution >= 4 is 0 Å². The quantitative estimate of drug-likeness (QED) is 0.740. The maximum atomic E-state index is 10.1. The Hall–Kier alpha value is -1.30. The van der Waals surface area contributed by atoms with Crippen LogP contribution in [-0.2, 0) is 11.3 Å². The minimum Gasteiger partial charge on any atom is -0.493 e. The van der Waals surface area contributed by atoms with Crippen LogP contribution in [0, 0.1) is 0 Å². The van der Waals surface area contributed by atoms with Crippen LogP contribution in [0.2, 0.25) is 0 Å². The Labute approximate surface area is 132 Å². The van der Waals surface area contributed by atoms with Crippen molar-refractivity contribution in [2.45, 2.75) is 32.0 Å². The lowest BCUT2D eigenvalue weighted by atomic mass is 10.1. The van der Waals surface area contributed by atoms with Crippen LogP contribution in [0.15, 0.2) is 18.2 Å². The SMILES string of the molecule is COc1ccc(COC[C@@H](O)C[NH+]2CCCCC2)cc1OC. The predicted octanol–water partition coefficient (Wildman–Crippen LogP) is 0.650. The third kappa shape index (κ3) is 5.16. The predicted molar refractivity (Wildman–Crippen MR) is 84.6 cm³/mol. The molecule has 1 aliphatic heterocycles. The molecule has 124 valence electrons. The summed E-state index contributed by atoms with van der Waals surface area (Å²) in [5.74, 6) is 1.40. The van der Waals surface area contributed by atoms with Crippen LogP contribution in [-0.4, -0.2) is 51.7 Å². The molecule has 0 radical (unpaired) electrons. The Kier molecular flexibility index (Phi) is 6.96. The number of benzene rings is 1. The molecular formula is C17H28NO4+. The fourth-order valence-corrected chi connectivity index (χ4v) is 2.93. The van der Waals surface area contributed by atoms with Crippen LogP contribution < -0.4 is 14.4 Å². The van der Waals surface area contributed by atoms with E-state index in [2.05, 4.69) is 0 Å². The van der Waals surface area contributed by atoms with Gasteiger partial charge in [0.1, 0.15) is 12.6 Å². The van der Waals surface area contributed by atoms with E-state index in [1.165, 1.54) is 37.3 Å². The Morgan fingerprint density at radius 1 is 1.09 bits per heavy atom. The van der Waals surface area contributed by atoms with E-state index in [1.54, 1.807) is 14.2 Å². The molecule has 1 aromatic rings. The van der Waals surface area contributed by atoms with Gasteiger partial charge < -0.3 is 24.2 Å². The van der Waals surface area contributed by atoms with Gasteiger partial charge in [-0.05, 0) is 37.0 Å². The molecule has 5 nitrogen and oxygen atoms in total. The molecule has 1 aliphatic rings. The number of aliphatic hydroxyl groups excluding tert-OH is 1. The number of nitrogens with one attached hydrogen (secondary N) is 1. The molecule has 5 heteroatoms. The normalized spacial score (nSPS) is 17.2. The average Bonchev–Trinajstić information content (AvgIpc) is 2.55. The van der Waals surface area contributed by atoms with Crippen LogP contribution in [0.5, 0.6) is 11.5 Å². The van der Waals surface area contributed by atoms with E-state index in [0.717, 1.165) is 12.1 Å². The van der Waals surface area contributed by atoms with Gasteiger partial charge in [0.05, 0.1) is 40.5 Å². The first-order valence-corrected chi connectivity index (χ1v) is 8.03. The first-order chi connectivity index (χ1) is 10.7. The molecule has 0 spiro atoms. The van der Waals surface area contributed by atoms with E-state index in [0.29, 0.717) is 24.7 Å². The second-order valence-electron chi connectivity index (χ2n) is 5.87. The zero-order valence-corrected chi connectivity index (χ0v) is 13.6. The monoisotopic (exact) mass is 310 g/mol. The van der Waals surface area contributed by atoms with Gasteiger partial charge in [0.2, 0.25) is 0 Å². The van der Waals surface area contributed by atoms with E-state index in [-0.39, 0.29) is 0 Å². The molecule has 1 atom stereocenters. The van der Waals surface area contributed by atoms with Crippen LogP contribution in [0.1, 0.15) is 24.8 Å². The minimum absolute atomic E-state index is 0.373. The summed E-state index contributed by atoms with van der Waals surface area (Å²) < 4.78 is 16.1. The van der Waals surface area contributed by atoms with Crippen molar-refractivity contribution in [2.24, 2.45) is 0 Å². The highest BCUT2D eigenvalue weighted by molar-refractivity contribution is 5.42. The van der Waals surface area contributed by atoms with Gasteiger partial charge >= 0.3 is 0 Å². The van der Waals surface area contributed by atoms with Crippen molar-refractivity contribution < 1.29 is 24.2 Å². The molecule has 22 heavy (non-hydrogen) atoms. The number of ether oxygens (including phenoxy) is 3. The largest absolute Gasteiger partial charge is 0.493 e. The van der Waals surface area contributed by atoms with Crippen molar-refractivity contribution in [2.75, 3.05) is 40.5 Å².